The van der Waals surface area contributed by atoms with Crippen molar-refractivity contribution in [1.82, 2.24) is 10.1 Å². The molecule has 0 saturated carbocycles. The average molecular weight is 548 g/mol. The van der Waals surface area contributed by atoms with Crippen LogP contribution in [0, 0.1) is 6.92 Å². The number of aliphatic carboxylic acids is 1. The number of halogens is 2. The molecule has 11 heteroatoms. The van der Waals surface area contributed by atoms with Gasteiger partial charge in [-0.2, -0.15) is 4.98 Å². The number of aryl methyl sites for hydroxylation is 1. The smallest absolute Gasteiger partial charge is 0.327 e. The number of nitrogens with zero attached hydrogens (tertiary/aromatic N) is 3. The summed E-state index contributed by atoms with van der Waals surface area (Å²) in [7, 11) is -4.49. The van der Waals surface area contributed by atoms with Gasteiger partial charge in [0.15, 0.2) is 0 Å². The molecule has 1 unspecified atom stereocenters. The molecule has 8 nitrogen and oxygen atoms in total. The Bertz CT molecular complexity index is 1520. The van der Waals surface area contributed by atoms with Crippen LogP contribution in [0.5, 0.6) is 0 Å². The Morgan fingerprint density at radius 3 is 2.42 bits per heavy atom. The standard InChI is InChI=1S/C25H23Cl2N3O5S/c1-3-4-9-22(25(31)32)30(36(33,34)19-13-17(26)12-18(27)14-19)23-20-8-6-5-7-16(20)10-11-21(23)24-28-15(2)35-29-24/h5-8,10-14,22H,3-4,9H2,1-2H3,(H,31,32). The number of carboxylic acids is 1. The molecule has 0 amide bonds. The molecule has 1 aromatic heterocycles. The maximum atomic E-state index is 14.3. The highest BCUT2D eigenvalue weighted by Crippen LogP contribution is 2.41. The van der Waals surface area contributed by atoms with Crippen LogP contribution in [0.2, 0.25) is 10.0 Å². The molecule has 1 N–H and O–H groups in total. The molecule has 0 aliphatic rings. The average Bonchev–Trinajstić information content (AvgIpc) is 3.26. The highest BCUT2D eigenvalue weighted by molar-refractivity contribution is 7.93. The van der Waals surface area contributed by atoms with Crippen LogP contribution in [-0.2, 0) is 14.8 Å². The lowest BCUT2D eigenvalue weighted by Gasteiger charge is -2.32. The molecule has 1 heterocycles. The summed E-state index contributed by atoms with van der Waals surface area (Å²) in [4.78, 5) is 16.7. The molecule has 3 aromatic carbocycles. The maximum absolute atomic E-state index is 14.3. The third kappa shape index (κ3) is 5.04. The summed E-state index contributed by atoms with van der Waals surface area (Å²) in [5, 5.41) is 15.7. The van der Waals surface area contributed by atoms with Crippen molar-refractivity contribution in [3.8, 4) is 11.4 Å². The first-order valence-corrected chi connectivity index (χ1v) is 13.4. The third-order valence-electron chi connectivity index (χ3n) is 5.68. The van der Waals surface area contributed by atoms with Crippen LogP contribution in [0.3, 0.4) is 0 Å². The molecule has 0 radical (unpaired) electrons. The van der Waals surface area contributed by atoms with Gasteiger partial charge in [-0.1, -0.05) is 78.5 Å². The molecule has 0 saturated heterocycles. The molecule has 36 heavy (non-hydrogen) atoms. The third-order valence-corrected chi connectivity index (χ3v) is 7.90. The van der Waals surface area contributed by atoms with E-state index in [1.54, 1.807) is 31.2 Å². The van der Waals surface area contributed by atoms with E-state index in [1.165, 1.54) is 18.2 Å². The van der Waals surface area contributed by atoms with E-state index >= 15 is 0 Å². The van der Waals surface area contributed by atoms with Crippen LogP contribution < -0.4 is 4.31 Å². The van der Waals surface area contributed by atoms with Gasteiger partial charge in [-0.05, 0) is 36.1 Å². The number of anilines is 1. The van der Waals surface area contributed by atoms with Gasteiger partial charge in [0, 0.05) is 27.9 Å². The molecule has 4 rings (SSSR count). The lowest BCUT2D eigenvalue weighted by molar-refractivity contribution is -0.138. The topological polar surface area (TPSA) is 114 Å². The fraction of sp³-hybridized carbons (Fsp3) is 0.240. The lowest BCUT2D eigenvalue weighted by atomic mass is 10.0. The zero-order valence-corrected chi connectivity index (χ0v) is 21.8. The van der Waals surface area contributed by atoms with E-state index in [0.29, 0.717) is 29.2 Å². The van der Waals surface area contributed by atoms with Crippen LogP contribution in [-0.4, -0.2) is 35.7 Å². The number of aromatic nitrogens is 2. The Labute approximate surface area is 218 Å². The van der Waals surface area contributed by atoms with E-state index in [-0.39, 0.29) is 38.8 Å². The summed E-state index contributed by atoms with van der Waals surface area (Å²) < 4.78 is 34.6. The van der Waals surface area contributed by atoms with Crippen LogP contribution in [0.4, 0.5) is 5.69 Å². The van der Waals surface area contributed by atoms with Gasteiger partial charge in [-0.15, -0.1) is 0 Å². The molecule has 1 atom stereocenters. The molecule has 0 spiro atoms. The minimum atomic E-state index is -4.49. The molecular weight excluding hydrogens is 525 g/mol. The van der Waals surface area contributed by atoms with Crippen molar-refractivity contribution >= 4 is 55.7 Å². The Balaban J connectivity index is 2.11. The number of unbranched alkanes of at least 4 members (excludes halogenated alkanes) is 1. The molecule has 188 valence electrons. The second-order valence-electron chi connectivity index (χ2n) is 8.22. The molecule has 0 bridgehead atoms. The largest absolute Gasteiger partial charge is 0.480 e. The predicted molar refractivity (Wildman–Crippen MR) is 139 cm³/mol. The van der Waals surface area contributed by atoms with Crippen LogP contribution >= 0.6 is 23.2 Å². The van der Waals surface area contributed by atoms with E-state index < -0.39 is 22.0 Å². The highest BCUT2D eigenvalue weighted by atomic mass is 35.5. The molecular formula is C25H23Cl2N3O5S. The van der Waals surface area contributed by atoms with Crippen LogP contribution in [0.25, 0.3) is 22.2 Å². The normalized spacial score (nSPS) is 12.6. The number of benzene rings is 3. The lowest BCUT2D eigenvalue weighted by Crippen LogP contribution is -2.45. The van der Waals surface area contributed by atoms with Crippen LogP contribution in [0.15, 0.2) is 64.0 Å². The van der Waals surface area contributed by atoms with Crippen molar-refractivity contribution in [2.75, 3.05) is 4.31 Å². The van der Waals surface area contributed by atoms with Crippen molar-refractivity contribution in [3.63, 3.8) is 0 Å². The minimum absolute atomic E-state index is 0.0767. The predicted octanol–water partition coefficient (Wildman–Crippen LogP) is 6.34. The SMILES string of the molecule is CCCCC(C(=O)O)N(c1c(-c2noc(C)n2)ccc2ccccc12)S(=O)(=O)c1cc(Cl)cc(Cl)c1. The van der Waals surface area contributed by atoms with Crippen LogP contribution in [0.1, 0.15) is 32.1 Å². The first kappa shape index (κ1) is 25.9. The summed E-state index contributed by atoms with van der Waals surface area (Å²) in [6.07, 6.45) is 1.24. The van der Waals surface area contributed by atoms with Gasteiger partial charge in [0.2, 0.25) is 11.7 Å². The molecule has 4 aromatic rings. The zero-order chi connectivity index (χ0) is 26.0. The van der Waals surface area contributed by atoms with Crippen molar-refractivity contribution in [3.05, 3.63) is 70.5 Å². The van der Waals surface area contributed by atoms with Gasteiger partial charge in [0.1, 0.15) is 6.04 Å². The molecule has 0 fully saturated rings. The Kier molecular flexibility index (Phi) is 7.54. The summed E-state index contributed by atoms with van der Waals surface area (Å²) in [6.45, 7) is 3.51. The quantitative estimate of drug-likeness (QED) is 0.260. The Morgan fingerprint density at radius 1 is 1.11 bits per heavy atom. The summed E-state index contributed by atoms with van der Waals surface area (Å²) in [6, 6.07) is 13.0. The van der Waals surface area contributed by atoms with Gasteiger partial charge in [-0.3, -0.25) is 4.31 Å². The number of fused-ring (bicyclic) bond motifs is 1. The number of hydrogen-bond donors (Lipinski definition) is 1. The van der Waals surface area contributed by atoms with E-state index in [9.17, 15) is 18.3 Å². The number of rotatable bonds is 9. The fourth-order valence-corrected chi connectivity index (χ4v) is 6.46. The summed E-state index contributed by atoms with van der Waals surface area (Å²) in [5.41, 5.74) is 0.443. The number of sulfonamides is 1. The van der Waals surface area contributed by atoms with E-state index in [2.05, 4.69) is 10.1 Å². The van der Waals surface area contributed by atoms with Gasteiger partial charge in [-0.25, -0.2) is 13.2 Å². The Hall–Kier alpha value is -3.14. The maximum Gasteiger partial charge on any atom is 0.327 e. The first-order chi connectivity index (χ1) is 17.1. The zero-order valence-electron chi connectivity index (χ0n) is 19.5. The van der Waals surface area contributed by atoms with Gasteiger partial charge < -0.3 is 9.63 Å². The summed E-state index contributed by atoms with van der Waals surface area (Å²) >= 11 is 12.3. The van der Waals surface area contributed by atoms with Gasteiger partial charge in [0.05, 0.1) is 10.6 Å². The van der Waals surface area contributed by atoms with Crippen molar-refractivity contribution in [1.29, 1.82) is 0 Å². The van der Waals surface area contributed by atoms with Crippen molar-refractivity contribution in [2.45, 2.75) is 44.0 Å². The van der Waals surface area contributed by atoms with Crippen molar-refractivity contribution < 1.29 is 22.8 Å². The number of carbonyl (C=O) groups is 1. The Morgan fingerprint density at radius 2 is 1.81 bits per heavy atom. The van der Waals surface area contributed by atoms with Gasteiger partial charge >= 0.3 is 5.97 Å². The number of carboxylic acid groups (broad SMARTS) is 1. The fourth-order valence-electron chi connectivity index (χ4n) is 4.05. The minimum Gasteiger partial charge on any atom is -0.480 e. The number of hydrogen-bond acceptors (Lipinski definition) is 6. The van der Waals surface area contributed by atoms with Gasteiger partial charge in [0.25, 0.3) is 10.0 Å². The van der Waals surface area contributed by atoms with E-state index in [1.807, 2.05) is 19.1 Å². The second-order valence-corrected chi connectivity index (χ2v) is 10.9. The first-order valence-electron chi connectivity index (χ1n) is 11.2. The monoisotopic (exact) mass is 547 g/mol. The molecule has 0 aliphatic carbocycles. The van der Waals surface area contributed by atoms with Crippen molar-refractivity contribution in [2.24, 2.45) is 0 Å². The van der Waals surface area contributed by atoms with E-state index in [4.69, 9.17) is 27.7 Å². The summed E-state index contributed by atoms with van der Waals surface area (Å²) in [5.74, 6) is -0.874. The second kappa shape index (κ2) is 10.5. The highest BCUT2D eigenvalue weighted by Gasteiger charge is 2.39. The van der Waals surface area contributed by atoms with E-state index in [0.717, 1.165) is 4.31 Å². The molecule has 0 aliphatic heterocycles.